The van der Waals surface area contributed by atoms with Crippen molar-refractivity contribution in [3.63, 3.8) is 0 Å². The van der Waals surface area contributed by atoms with Crippen molar-refractivity contribution in [1.82, 2.24) is 10.9 Å². The van der Waals surface area contributed by atoms with Crippen molar-refractivity contribution >= 4 is 5.91 Å². The maximum atomic E-state index is 11.3. The van der Waals surface area contributed by atoms with Crippen LogP contribution >= 0.6 is 0 Å². The number of benzene rings is 1. The zero-order valence-corrected chi connectivity index (χ0v) is 10.1. The Morgan fingerprint density at radius 1 is 1.35 bits per heavy atom. The molecule has 1 aromatic rings. The Balaban J connectivity index is 2.03. The lowest BCUT2D eigenvalue weighted by Gasteiger charge is -2.19. The summed E-state index contributed by atoms with van der Waals surface area (Å²) < 4.78 is 5.57. The van der Waals surface area contributed by atoms with Crippen molar-refractivity contribution in [2.24, 2.45) is 0 Å². The topological polar surface area (TPSA) is 50.4 Å². The number of carbonyl (C=O) groups excluding carboxylic acids is 1. The Labute approximate surface area is 101 Å². The van der Waals surface area contributed by atoms with Gasteiger partial charge in [0.25, 0.3) is 5.91 Å². The molecule has 0 saturated heterocycles. The second-order valence-corrected chi connectivity index (χ2v) is 4.19. The Bertz CT molecular complexity index is 404. The molecule has 0 saturated carbocycles. The van der Waals surface area contributed by atoms with Gasteiger partial charge in [0.1, 0.15) is 5.75 Å². The third-order valence-corrected chi connectivity index (χ3v) is 2.98. The lowest BCUT2D eigenvalue weighted by Crippen LogP contribution is -2.37. The summed E-state index contributed by atoms with van der Waals surface area (Å²) in [4.78, 5) is 11.3. The summed E-state index contributed by atoms with van der Waals surface area (Å²) in [7, 11) is 1.66. The molecule has 4 nitrogen and oxygen atoms in total. The van der Waals surface area contributed by atoms with Crippen molar-refractivity contribution in [1.29, 1.82) is 0 Å². The number of nitrogens with one attached hydrogen (secondary N) is 2. The normalized spacial score (nSPS) is 13.9. The van der Waals surface area contributed by atoms with E-state index in [1.807, 2.05) is 12.1 Å². The highest BCUT2D eigenvalue weighted by molar-refractivity contribution is 5.77. The first-order valence-corrected chi connectivity index (χ1v) is 6.00. The van der Waals surface area contributed by atoms with Crippen LogP contribution in [0.1, 0.15) is 24.0 Å². The number of hydrogen-bond donors (Lipinski definition) is 2. The van der Waals surface area contributed by atoms with Crippen LogP contribution in [-0.2, 0) is 17.6 Å². The van der Waals surface area contributed by atoms with Crippen molar-refractivity contribution in [3.8, 4) is 5.75 Å². The Hall–Kier alpha value is -1.55. The molecule has 92 valence electrons. The van der Waals surface area contributed by atoms with Gasteiger partial charge in [-0.3, -0.25) is 10.2 Å². The predicted octanol–water partition coefficient (Wildman–Crippen LogP) is 1.19. The molecule has 0 fully saturated rings. The molecule has 1 amide bonds. The van der Waals surface area contributed by atoms with Crippen LogP contribution in [0.3, 0.4) is 0 Å². The fourth-order valence-electron chi connectivity index (χ4n) is 2.20. The van der Waals surface area contributed by atoms with Gasteiger partial charge in [-0.15, -0.1) is 0 Å². The van der Waals surface area contributed by atoms with E-state index < -0.39 is 0 Å². The quantitative estimate of drug-likeness (QED) is 0.770. The van der Waals surface area contributed by atoms with Crippen LogP contribution in [0.15, 0.2) is 18.2 Å². The second kappa shape index (κ2) is 5.68. The van der Waals surface area contributed by atoms with Crippen LogP contribution in [-0.4, -0.2) is 19.6 Å². The number of aryl methyl sites for hydroxylation is 1. The number of hydrazine groups is 1. The predicted molar refractivity (Wildman–Crippen MR) is 65.8 cm³/mol. The van der Waals surface area contributed by atoms with Gasteiger partial charge >= 0.3 is 0 Å². The van der Waals surface area contributed by atoms with Gasteiger partial charge in [-0.1, -0.05) is 12.1 Å². The van der Waals surface area contributed by atoms with E-state index in [2.05, 4.69) is 16.9 Å². The van der Waals surface area contributed by atoms with Crippen molar-refractivity contribution < 1.29 is 9.53 Å². The molecule has 2 N–H and O–H groups in total. The van der Waals surface area contributed by atoms with Gasteiger partial charge in [0.05, 0.1) is 0 Å². The number of ether oxygens (including phenoxy) is 1. The van der Waals surface area contributed by atoms with E-state index in [1.165, 1.54) is 24.0 Å². The smallest absolute Gasteiger partial charge is 0.271 e. The van der Waals surface area contributed by atoms with Gasteiger partial charge in [0.2, 0.25) is 0 Å². The molecule has 0 atom stereocenters. The van der Waals surface area contributed by atoms with E-state index >= 15 is 0 Å². The maximum absolute atomic E-state index is 11.3. The van der Waals surface area contributed by atoms with E-state index in [1.54, 1.807) is 7.05 Å². The van der Waals surface area contributed by atoms with Gasteiger partial charge in [-0.2, -0.15) is 0 Å². The molecule has 0 heterocycles. The molecule has 0 aliphatic heterocycles. The number of amides is 1. The second-order valence-electron chi connectivity index (χ2n) is 4.19. The van der Waals surface area contributed by atoms with Gasteiger partial charge in [-0.05, 0) is 42.9 Å². The molecule has 1 aliphatic carbocycles. The SMILES string of the molecule is CNNC(=O)COc1cccc2c1CCCC2. The van der Waals surface area contributed by atoms with Gasteiger partial charge in [0.15, 0.2) is 6.61 Å². The van der Waals surface area contributed by atoms with E-state index in [0.29, 0.717) is 0 Å². The molecule has 0 bridgehead atoms. The third kappa shape index (κ3) is 2.97. The average Bonchev–Trinajstić information content (AvgIpc) is 2.36. The van der Waals surface area contributed by atoms with Crippen LogP contribution < -0.4 is 15.6 Å². The lowest BCUT2D eigenvalue weighted by molar-refractivity contribution is -0.123. The van der Waals surface area contributed by atoms with Crippen LogP contribution in [0.5, 0.6) is 5.75 Å². The molecular weight excluding hydrogens is 216 g/mol. The Morgan fingerprint density at radius 2 is 2.18 bits per heavy atom. The zero-order valence-electron chi connectivity index (χ0n) is 10.1. The molecule has 0 spiro atoms. The van der Waals surface area contributed by atoms with E-state index in [0.717, 1.165) is 18.6 Å². The highest BCUT2D eigenvalue weighted by Gasteiger charge is 2.14. The fourth-order valence-corrected chi connectivity index (χ4v) is 2.20. The Kier molecular flexibility index (Phi) is 3.98. The number of carbonyl (C=O) groups is 1. The highest BCUT2D eigenvalue weighted by atomic mass is 16.5. The summed E-state index contributed by atoms with van der Waals surface area (Å²) in [6.07, 6.45) is 4.63. The summed E-state index contributed by atoms with van der Waals surface area (Å²) in [6, 6.07) is 6.08. The molecule has 2 rings (SSSR count). The van der Waals surface area contributed by atoms with Crippen LogP contribution in [0.4, 0.5) is 0 Å². The van der Waals surface area contributed by atoms with Crippen molar-refractivity contribution in [2.75, 3.05) is 13.7 Å². The summed E-state index contributed by atoms with van der Waals surface area (Å²) in [6.45, 7) is 0.0529. The van der Waals surface area contributed by atoms with E-state index in [-0.39, 0.29) is 12.5 Å². The molecule has 0 radical (unpaired) electrons. The maximum Gasteiger partial charge on any atom is 0.271 e. The first-order valence-electron chi connectivity index (χ1n) is 6.00. The van der Waals surface area contributed by atoms with Crippen molar-refractivity contribution in [3.05, 3.63) is 29.3 Å². The van der Waals surface area contributed by atoms with E-state index in [4.69, 9.17) is 4.74 Å². The minimum absolute atomic E-state index is 0.0529. The van der Waals surface area contributed by atoms with Gasteiger partial charge < -0.3 is 4.74 Å². The van der Waals surface area contributed by atoms with Crippen molar-refractivity contribution in [2.45, 2.75) is 25.7 Å². The lowest BCUT2D eigenvalue weighted by atomic mass is 9.91. The Morgan fingerprint density at radius 3 is 3.00 bits per heavy atom. The zero-order chi connectivity index (χ0) is 12.1. The van der Waals surface area contributed by atoms with Crippen LogP contribution in [0.25, 0.3) is 0 Å². The summed E-state index contributed by atoms with van der Waals surface area (Å²) in [5.74, 6) is 0.689. The minimum atomic E-state index is -0.166. The highest BCUT2D eigenvalue weighted by Crippen LogP contribution is 2.29. The first-order chi connectivity index (χ1) is 8.31. The van der Waals surface area contributed by atoms with Gasteiger partial charge in [-0.25, -0.2) is 5.43 Å². The summed E-state index contributed by atoms with van der Waals surface area (Å²) >= 11 is 0. The first kappa shape index (κ1) is 11.9. The number of hydrogen-bond acceptors (Lipinski definition) is 3. The summed E-state index contributed by atoms with van der Waals surface area (Å²) in [5.41, 5.74) is 7.71. The standard InChI is InChI=1S/C13H18N2O2/c1-14-15-13(16)9-17-12-8-4-6-10-5-2-3-7-11(10)12/h4,6,8,14H,2-3,5,7,9H2,1H3,(H,15,16). The molecule has 0 unspecified atom stereocenters. The minimum Gasteiger partial charge on any atom is -0.483 e. The molecular formula is C13H18N2O2. The molecule has 0 aromatic heterocycles. The average molecular weight is 234 g/mol. The largest absolute Gasteiger partial charge is 0.483 e. The monoisotopic (exact) mass is 234 g/mol. The molecule has 17 heavy (non-hydrogen) atoms. The number of fused-ring (bicyclic) bond motifs is 1. The summed E-state index contributed by atoms with van der Waals surface area (Å²) in [5, 5.41) is 0. The number of rotatable bonds is 4. The molecule has 1 aromatic carbocycles. The van der Waals surface area contributed by atoms with E-state index in [9.17, 15) is 4.79 Å². The van der Waals surface area contributed by atoms with Crippen LogP contribution in [0, 0.1) is 0 Å². The van der Waals surface area contributed by atoms with Crippen LogP contribution in [0.2, 0.25) is 0 Å². The van der Waals surface area contributed by atoms with Gasteiger partial charge in [0, 0.05) is 7.05 Å². The third-order valence-electron chi connectivity index (χ3n) is 2.98. The molecule has 1 aliphatic rings. The molecule has 4 heteroatoms. The fraction of sp³-hybridized carbons (Fsp3) is 0.462.